The van der Waals surface area contributed by atoms with Crippen LogP contribution in [-0.4, -0.2) is 7.11 Å². The number of halogens is 1. The third kappa shape index (κ3) is 3.05. The van der Waals surface area contributed by atoms with Crippen molar-refractivity contribution in [3.63, 3.8) is 0 Å². The van der Waals surface area contributed by atoms with Gasteiger partial charge in [-0.1, -0.05) is 71.8 Å². The molecule has 0 radical (unpaired) electrons. The number of methoxy groups -OCH3 is 1. The van der Waals surface area contributed by atoms with Gasteiger partial charge in [-0.05, 0) is 42.7 Å². The van der Waals surface area contributed by atoms with Gasteiger partial charge in [-0.25, -0.2) is 0 Å². The molecule has 0 aliphatic carbocycles. The summed E-state index contributed by atoms with van der Waals surface area (Å²) in [6, 6.07) is 24.8. The van der Waals surface area contributed by atoms with E-state index >= 15 is 0 Å². The first-order chi connectivity index (χ1) is 11.5. The lowest BCUT2D eigenvalue weighted by Gasteiger charge is -2.29. The van der Waals surface area contributed by atoms with E-state index in [0.29, 0.717) is 0 Å². The van der Waals surface area contributed by atoms with E-state index < -0.39 is 4.87 Å². The third-order valence-electron chi connectivity index (χ3n) is 4.39. The van der Waals surface area contributed by atoms with Crippen LogP contribution in [-0.2, 0) is 4.87 Å². The SMILES string of the molecule is COc1ccc(C(Cl)(c2ccc(C)cc2)c2ccc(C)cc2)cc1. The zero-order valence-electron chi connectivity index (χ0n) is 14.2. The lowest BCUT2D eigenvalue weighted by atomic mass is 9.83. The number of hydrogen-bond donors (Lipinski definition) is 0. The summed E-state index contributed by atoms with van der Waals surface area (Å²) in [6.07, 6.45) is 0. The van der Waals surface area contributed by atoms with E-state index in [1.165, 1.54) is 11.1 Å². The molecule has 3 rings (SSSR count). The van der Waals surface area contributed by atoms with Gasteiger partial charge in [-0.3, -0.25) is 0 Å². The van der Waals surface area contributed by atoms with Gasteiger partial charge in [-0.2, -0.15) is 0 Å². The molecule has 3 aromatic carbocycles. The van der Waals surface area contributed by atoms with Crippen molar-refractivity contribution < 1.29 is 4.74 Å². The Kier molecular flexibility index (Phi) is 4.64. The average Bonchev–Trinajstić information content (AvgIpc) is 2.62. The zero-order chi connectivity index (χ0) is 17.2. The molecule has 0 N–H and O–H groups in total. The Bertz CT molecular complexity index is 757. The summed E-state index contributed by atoms with van der Waals surface area (Å²) in [5, 5.41) is 0. The van der Waals surface area contributed by atoms with Crippen LogP contribution in [0.15, 0.2) is 72.8 Å². The molecule has 122 valence electrons. The Hall–Kier alpha value is -2.25. The number of alkyl halides is 1. The monoisotopic (exact) mass is 336 g/mol. The molecule has 1 nitrogen and oxygen atoms in total. The lowest BCUT2D eigenvalue weighted by molar-refractivity contribution is 0.414. The summed E-state index contributed by atoms with van der Waals surface area (Å²) in [7, 11) is 1.67. The van der Waals surface area contributed by atoms with Crippen LogP contribution in [0.25, 0.3) is 0 Å². The summed E-state index contributed by atoms with van der Waals surface area (Å²) < 4.78 is 5.28. The largest absolute Gasteiger partial charge is 0.497 e. The van der Waals surface area contributed by atoms with Crippen LogP contribution < -0.4 is 4.74 Å². The molecule has 0 amide bonds. The minimum absolute atomic E-state index is 0.729. The van der Waals surface area contributed by atoms with Gasteiger partial charge < -0.3 is 4.74 Å². The highest BCUT2D eigenvalue weighted by atomic mass is 35.5. The highest BCUT2D eigenvalue weighted by Crippen LogP contribution is 2.43. The van der Waals surface area contributed by atoms with Crippen molar-refractivity contribution in [1.29, 1.82) is 0 Å². The predicted octanol–water partition coefficient (Wildman–Crippen LogP) is 5.84. The van der Waals surface area contributed by atoms with Crippen molar-refractivity contribution in [2.45, 2.75) is 18.7 Å². The minimum Gasteiger partial charge on any atom is -0.497 e. The second-order valence-corrected chi connectivity index (χ2v) is 6.69. The Morgan fingerprint density at radius 2 is 0.958 bits per heavy atom. The Morgan fingerprint density at radius 1 is 0.625 bits per heavy atom. The number of aryl methyl sites for hydroxylation is 2. The van der Waals surface area contributed by atoms with E-state index in [9.17, 15) is 0 Å². The summed E-state index contributed by atoms with van der Waals surface area (Å²) in [6.45, 7) is 4.16. The van der Waals surface area contributed by atoms with Crippen LogP contribution in [0.1, 0.15) is 27.8 Å². The highest BCUT2D eigenvalue weighted by molar-refractivity contribution is 6.28. The van der Waals surface area contributed by atoms with Gasteiger partial charge in [0, 0.05) is 0 Å². The van der Waals surface area contributed by atoms with Gasteiger partial charge >= 0.3 is 0 Å². The first-order valence-corrected chi connectivity index (χ1v) is 8.39. The van der Waals surface area contributed by atoms with Crippen LogP contribution in [0.5, 0.6) is 5.75 Å². The predicted molar refractivity (Wildman–Crippen MR) is 101 cm³/mol. The molecule has 24 heavy (non-hydrogen) atoms. The van der Waals surface area contributed by atoms with E-state index in [0.717, 1.165) is 22.4 Å². The maximum Gasteiger partial charge on any atom is 0.119 e. The summed E-state index contributed by atoms with van der Waals surface area (Å²) in [5.74, 6) is 0.825. The quantitative estimate of drug-likeness (QED) is 0.429. The summed E-state index contributed by atoms with van der Waals surface area (Å²) >= 11 is 7.27. The van der Waals surface area contributed by atoms with Gasteiger partial charge in [-0.15, -0.1) is 11.6 Å². The molecule has 0 fully saturated rings. The van der Waals surface area contributed by atoms with Crippen LogP contribution >= 0.6 is 11.6 Å². The van der Waals surface area contributed by atoms with E-state index in [2.05, 4.69) is 62.4 Å². The van der Waals surface area contributed by atoms with Crippen LogP contribution in [0.3, 0.4) is 0 Å². The van der Waals surface area contributed by atoms with Crippen molar-refractivity contribution >= 4 is 11.6 Å². The van der Waals surface area contributed by atoms with Gasteiger partial charge in [0.1, 0.15) is 10.6 Å². The number of ether oxygens (including phenoxy) is 1. The fourth-order valence-corrected chi connectivity index (χ4v) is 3.27. The molecule has 3 aromatic rings. The minimum atomic E-state index is -0.729. The molecule has 0 aliphatic heterocycles. The van der Waals surface area contributed by atoms with Gasteiger partial charge in [0.25, 0.3) is 0 Å². The maximum atomic E-state index is 7.27. The first kappa shape index (κ1) is 16.6. The number of benzene rings is 3. The average molecular weight is 337 g/mol. The Labute approximate surface area is 148 Å². The van der Waals surface area contributed by atoms with Gasteiger partial charge in [0.2, 0.25) is 0 Å². The molecule has 0 saturated heterocycles. The van der Waals surface area contributed by atoms with Crippen molar-refractivity contribution in [1.82, 2.24) is 0 Å². The zero-order valence-corrected chi connectivity index (χ0v) is 15.0. The van der Waals surface area contributed by atoms with Crippen molar-refractivity contribution in [2.75, 3.05) is 7.11 Å². The smallest absolute Gasteiger partial charge is 0.119 e. The molecular formula is C22H21ClO. The highest BCUT2D eigenvalue weighted by Gasteiger charge is 2.34. The van der Waals surface area contributed by atoms with Crippen LogP contribution in [0, 0.1) is 13.8 Å². The second kappa shape index (κ2) is 6.70. The molecule has 2 heteroatoms. The van der Waals surface area contributed by atoms with Crippen molar-refractivity contribution in [3.05, 3.63) is 101 Å². The second-order valence-electron chi connectivity index (χ2n) is 6.12. The van der Waals surface area contributed by atoms with E-state index in [4.69, 9.17) is 16.3 Å². The number of rotatable bonds is 4. The molecule has 0 saturated carbocycles. The van der Waals surface area contributed by atoms with E-state index in [1.807, 2.05) is 24.3 Å². The summed E-state index contributed by atoms with van der Waals surface area (Å²) in [5.41, 5.74) is 5.58. The maximum absolute atomic E-state index is 7.27. The fraction of sp³-hybridized carbons (Fsp3) is 0.182. The van der Waals surface area contributed by atoms with Gasteiger partial charge in [0.15, 0.2) is 0 Å². The topological polar surface area (TPSA) is 9.23 Å². The molecule has 0 spiro atoms. The first-order valence-electron chi connectivity index (χ1n) is 8.02. The van der Waals surface area contributed by atoms with E-state index in [1.54, 1.807) is 7.11 Å². The third-order valence-corrected chi connectivity index (χ3v) is 5.04. The van der Waals surface area contributed by atoms with Crippen LogP contribution in [0.4, 0.5) is 0 Å². The molecule has 0 aromatic heterocycles. The van der Waals surface area contributed by atoms with E-state index in [-0.39, 0.29) is 0 Å². The molecule has 0 bridgehead atoms. The molecular weight excluding hydrogens is 316 g/mol. The van der Waals surface area contributed by atoms with Crippen LogP contribution in [0.2, 0.25) is 0 Å². The van der Waals surface area contributed by atoms with Crippen molar-refractivity contribution in [2.24, 2.45) is 0 Å². The van der Waals surface area contributed by atoms with Crippen molar-refractivity contribution in [3.8, 4) is 5.75 Å². The molecule has 0 aliphatic rings. The Balaban J connectivity index is 2.18. The fourth-order valence-electron chi connectivity index (χ4n) is 2.89. The standard InChI is InChI=1S/C22H21ClO/c1-16-4-8-18(9-5-16)22(23,19-10-6-17(2)7-11-19)20-12-14-21(24-3)15-13-20/h4-15H,1-3H3. The molecule has 0 heterocycles. The Morgan fingerprint density at radius 3 is 1.29 bits per heavy atom. The normalized spacial score (nSPS) is 11.3. The lowest BCUT2D eigenvalue weighted by Crippen LogP contribution is -2.22. The number of hydrogen-bond acceptors (Lipinski definition) is 1. The summed E-state index contributed by atoms with van der Waals surface area (Å²) in [4.78, 5) is -0.729. The molecule has 0 atom stereocenters. The molecule has 0 unspecified atom stereocenters. The van der Waals surface area contributed by atoms with Gasteiger partial charge in [0.05, 0.1) is 7.11 Å².